The van der Waals surface area contributed by atoms with E-state index in [1.165, 1.54) is 29.7 Å². The van der Waals surface area contributed by atoms with Crippen molar-refractivity contribution in [3.05, 3.63) is 29.8 Å². The van der Waals surface area contributed by atoms with Crippen molar-refractivity contribution < 1.29 is 4.74 Å². The van der Waals surface area contributed by atoms with Crippen LogP contribution in [0.1, 0.15) is 18.4 Å². The summed E-state index contributed by atoms with van der Waals surface area (Å²) in [6, 6.07) is 8.74. The van der Waals surface area contributed by atoms with E-state index in [2.05, 4.69) is 29.6 Å². The van der Waals surface area contributed by atoms with Gasteiger partial charge < -0.3 is 10.1 Å². The first-order valence-electron chi connectivity index (χ1n) is 6.95. The van der Waals surface area contributed by atoms with Crippen molar-refractivity contribution in [2.24, 2.45) is 5.92 Å². The quantitative estimate of drug-likeness (QED) is 0.902. The summed E-state index contributed by atoms with van der Waals surface area (Å²) < 4.78 is 5.94. The summed E-state index contributed by atoms with van der Waals surface area (Å²) in [5.41, 5.74) is 1.50. The van der Waals surface area contributed by atoms with E-state index in [4.69, 9.17) is 4.74 Å². The third-order valence-corrected chi connectivity index (χ3v) is 5.12. The van der Waals surface area contributed by atoms with Crippen molar-refractivity contribution in [1.29, 1.82) is 0 Å². The molecule has 3 rings (SSSR count). The topological polar surface area (TPSA) is 21.3 Å². The van der Waals surface area contributed by atoms with Crippen LogP contribution in [0.5, 0.6) is 0 Å². The first kappa shape index (κ1) is 12.5. The average Bonchev–Trinajstić information content (AvgIpc) is 2.82. The normalized spacial score (nSPS) is 24.1. The van der Waals surface area contributed by atoms with Crippen LogP contribution in [-0.2, 0) is 11.2 Å². The zero-order valence-electron chi connectivity index (χ0n) is 10.7. The molecular formula is C15H21NOS. The molecule has 0 aromatic heterocycles. The summed E-state index contributed by atoms with van der Waals surface area (Å²) >= 11 is 1.99. The maximum absolute atomic E-state index is 5.94. The smallest absolute Gasteiger partial charge is 0.0591 e. The van der Waals surface area contributed by atoms with Gasteiger partial charge in [0.25, 0.3) is 0 Å². The molecule has 0 bridgehead atoms. The third kappa shape index (κ3) is 3.08. The number of fused-ring (bicyclic) bond motifs is 1. The van der Waals surface area contributed by atoms with Gasteiger partial charge in [0.05, 0.1) is 6.61 Å². The van der Waals surface area contributed by atoms with E-state index in [1.54, 1.807) is 0 Å². The Morgan fingerprint density at radius 1 is 1.17 bits per heavy atom. The minimum absolute atomic E-state index is 0.629. The number of thioether (sulfide) groups is 1. The fourth-order valence-electron chi connectivity index (χ4n) is 2.76. The molecule has 2 nitrogen and oxygen atoms in total. The maximum Gasteiger partial charge on any atom is 0.0591 e. The Kier molecular flexibility index (Phi) is 4.24. The third-order valence-electron chi connectivity index (χ3n) is 3.83. The summed E-state index contributed by atoms with van der Waals surface area (Å²) in [5.74, 6) is 0.778. The van der Waals surface area contributed by atoms with Gasteiger partial charge in [-0.1, -0.05) is 18.2 Å². The van der Waals surface area contributed by atoms with Crippen molar-refractivity contribution >= 4 is 11.8 Å². The van der Waals surface area contributed by atoms with Gasteiger partial charge in [0.1, 0.15) is 0 Å². The van der Waals surface area contributed by atoms with Crippen molar-refractivity contribution in [1.82, 2.24) is 5.32 Å². The Hall–Kier alpha value is -0.510. The Bertz CT molecular complexity index is 365. The highest BCUT2D eigenvalue weighted by Gasteiger charge is 2.22. The Balaban J connectivity index is 1.40. The molecule has 1 saturated heterocycles. The second kappa shape index (κ2) is 6.09. The van der Waals surface area contributed by atoms with Crippen LogP contribution in [0.4, 0.5) is 0 Å². The molecule has 2 heterocycles. The minimum Gasteiger partial charge on any atom is -0.380 e. The van der Waals surface area contributed by atoms with Gasteiger partial charge in [-0.15, -0.1) is 11.8 Å². The van der Waals surface area contributed by atoms with E-state index >= 15 is 0 Å². The zero-order valence-corrected chi connectivity index (χ0v) is 11.5. The molecule has 98 valence electrons. The van der Waals surface area contributed by atoms with Crippen LogP contribution in [0, 0.1) is 5.92 Å². The molecule has 2 aliphatic heterocycles. The number of hydrogen-bond acceptors (Lipinski definition) is 3. The van der Waals surface area contributed by atoms with Crippen molar-refractivity contribution in [3.63, 3.8) is 0 Å². The SMILES string of the molecule is c1ccc2c(c1)CC(COCC1CCNCC1)S2. The van der Waals surface area contributed by atoms with Gasteiger partial charge in [0, 0.05) is 16.8 Å². The molecule has 1 fully saturated rings. The fraction of sp³-hybridized carbons (Fsp3) is 0.600. The van der Waals surface area contributed by atoms with E-state index in [0.717, 1.165) is 32.2 Å². The monoisotopic (exact) mass is 263 g/mol. The first-order valence-corrected chi connectivity index (χ1v) is 7.83. The number of benzene rings is 1. The molecule has 0 aliphatic carbocycles. The highest BCUT2D eigenvalue weighted by molar-refractivity contribution is 8.00. The van der Waals surface area contributed by atoms with Gasteiger partial charge in [-0.05, 0) is 49.9 Å². The summed E-state index contributed by atoms with van der Waals surface area (Å²) in [4.78, 5) is 1.45. The second-order valence-electron chi connectivity index (χ2n) is 5.28. The highest BCUT2D eigenvalue weighted by Crippen LogP contribution is 2.36. The predicted molar refractivity (Wildman–Crippen MR) is 76.2 cm³/mol. The summed E-state index contributed by atoms with van der Waals surface area (Å²) in [7, 11) is 0. The molecule has 0 radical (unpaired) electrons. The molecule has 18 heavy (non-hydrogen) atoms. The van der Waals surface area contributed by atoms with Gasteiger partial charge in [0.2, 0.25) is 0 Å². The lowest BCUT2D eigenvalue weighted by Crippen LogP contribution is -2.30. The number of ether oxygens (including phenoxy) is 1. The lowest BCUT2D eigenvalue weighted by Gasteiger charge is -2.22. The van der Waals surface area contributed by atoms with Crippen LogP contribution in [-0.4, -0.2) is 31.6 Å². The molecular weight excluding hydrogens is 242 g/mol. The zero-order chi connectivity index (χ0) is 12.2. The van der Waals surface area contributed by atoms with Crippen LogP contribution >= 0.6 is 11.8 Å². The molecule has 2 aliphatic rings. The van der Waals surface area contributed by atoms with Crippen LogP contribution in [0.15, 0.2) is 29.2 Å². The average molecular weight is 263 g/mol. The van der Waals surface area contributed by atoms with E-state index in [9.17, 15) is 0 Å². The van der Waals surface area contributed by atoms with Crippen LogP contribution in [0.3, 0.4) is 0 Å². The largest absolute Gasteiger partial charge is 0.380 e. The molecule has 3 heteroatoms. The number of hydrogen-bond donors (Lipinski definition) is 1. The molecule has 1 aromatic rings. The minimum atomic E-state index is 0.629. The first-order chi connectivity index (χ1) is 8.92. The molecule has 0 amide bonds. The van der Waals surface area contributed by atoms with Crippen LogP contribution < -0.4 is 5.32 Å². The van der Waals surface area contributed by atoms with Gasteiger partial charge in [0.15, 0.2) is 0 Å². The van der Waals surface area contributed by atoms with Gasteiger partial charge in [-0.25, -0.2) is 0 Å². The summed E-state index contributed by atoms with van der Waals surface area (Å²) in [6.45, 7) is 4.19. The molecule has 1 aromatic carbocycles. The van der Waals surface area contributed by atoms with E-state index in [1.807, 2.05) is 11.8 Å². The Morgan fingerprint density at radius 3 is 2.83 bits per heavy atom. The van der Waals surface area contributed by atoms with Gasteiger partial charge in [-0.2, -0.15) is 0 Å². The van der Waals surface area contributed by atoms with Crippen molar-refractivity contribution in [3.8, 4) is 0 Å². The molecule has 0 spiro atoms. The molecule has 1 atom stereocenters. The van der Waals surface area contributed by atoms with Gasteiger partial charge in [-0.3, -0.25) is 0 Å². The fourth-order valence-corrected chi connectivity index (χ4v) is 4.01. The maximum atomic E-state index is 5.94. The number of rotatable bonds is 4. The Morgan fingerprint density at radius 2 is 2.00 bits per heavy atom. The van der Waals surface area contributed by atoms with E-state index < -0.39 is 0 Å². The molecule has 1 unspecified atom stereocenters. The predicted octanol–water partition coefficient (Wildman–Crippen LogP) is 2.72. The van der Waals surface area contributed by atoms with E-state index in [0.29, 0.717) is 5.25 Å². The molecule has 0 saturated carbocycles. The second-order valence-corrected chi connectivity index (χ2v) is 6.62. The van der Waals surface area contributed by atoms with E-state index in [-0.39, 0.29) is 0 Å². The highest BCUT2D eigenvalue weighted by atomic mass is 32.2. The standard InChI is InChI=1S/C15H21NOS/c1-2-4-15-13(3-1)9-14(18-15)11-17-10-12-5-7-16-8-6-12/h1-4,12,14,16H,5-11H2. The Labute approximate surface area is 113 Å². The van der Waals surface area contributed by atoms with Crippen molar-refractivity contribution in [2.45, 2.75) is 29.4 Å². The van der Waals surface area contributed by atoms with Gasteiger partial charge >= 0.3 is 0 Å². The lowest BCUT2D eigenvalue weighted by molar-refractivity contribution is 0.0892. The number of piperidine rings is 1. The van der Waals surface area contributed by atoms with Crippen molar-refractivity contribution in [2.75, 3.05) is 26.3 Å². The lowest BCUT2D eigenvalue weighted by atomic mass is 9.99. The molecule has 1 N–H and O–H groups in total. The van der Waals surface area contributed by atoms with Crippen LogP contribution in [0.25, 0.3) is 0 Å². The number of nitrogens with one attached hydrogen (secondary N) is 1. The summed E-state index contributed by atoms with van der Waals surface area (Å²) in [5, 5.41) is 4.03. The van der Waals surface area contributed by atoms with Crippen LogP contribution in [0.2, 0.25) is 0 Å². The summed E-state index contributed by atoms with van der Waals surface area (Å²) in [6.07, 6.45) is 3.73.